The van der Waals surface area contributed by atoms with Crippen LogP contribution in [0.15, 0.2) is 28.0 Å². The second-order valence-electron chi connectivity index (χ2n) is 5.38. The zero-order valence-electron chi connectivity index (χ0n) is 12.0. The number of aryl methyl sites for hydroxylation is 1. The molecule has 0 spiro atoms. The van der Waals surface area contributed by atoms with Crippen LogP contribution in [0.4, 0.5) is 0 Å². The van der Waals surface area contributed by atoms with Crippen LogP contribution in [0.25, 0.3) is 0 Å². The number of carbonyl (C=O) groups is 1. The molecule has 0 radical (unpaired) electrons. The van der Waals surface area contributed by atoms with E-state index in [1.54, 1.807) is 17.4 Å². The first-order valence-corrected chi connectivity index (χ1v) is 7.92. The first kappa shape index (κ1) is 14.3. The van der Waals surface area contributed by atoms with E-state index in [0.29, 0.717) is 6.04 Å². The van der Waals surface area contributed by atoms with Crippen molar-refractivity contribution in [3.63, 3.8) is 0 Å². The molecule has 2 aromatic rings. The van der Waals surface area contributed by atoms with Crippen molar-refractivity contribution in [1.82, 2.24) is 10.3 Å². The Kier molecular flexibility index (Phi) is 4.10. The van der Waals surface area contributed by atoms with Crippen LogP contribution >= 0.6 is 11.3 Å². The lowest BCUT2D eigenvalue weighted by Crippen LogP contribution is -2.29. The fourth-order valence-electron chi connectivity index (χ4n) is 2.44. The highest BCUT2D eigenvalue weighted by Gasteiger charge is 2.30. The Morgan fingerprint density at radius 3 is 2.95 bits per heavy atom. The summed E-state index contributed by atoms with van der Waals surface area (Å²) in [5, 5.41) is 2.10. The van der Waals surface area contributed by atoms with E-state index < -0.39 is 0 Å². The third-order valence-corrected chi connectivity index (χ3v) is 4.61. The van der Waals surface area contributed by atoms with Gasteiger partial charge in [0.2, 0.25) is 0 Å². The summed E-state index contributed by atoms with van der Waals surface area (Å²) >= 11 is 1.78. The van der Waals surface area contributed by atoms with E-state index in [1.807, 2.05) is 6.92 Å². The molecule has 1 fully saturated rings. The number of nitrogen functional groups attached to an aromatic ring is 1. The molecule has 0 unspecified atom stereocenters. The SMILES string of the molecule is Cc1oc(C(=O)NN)cc1CN(Cc1cccs1)C1CC1. The van der Waals surface area contributed by atoms with E-state index >= 15 is 0 Å². The van der Waals surface area contributed by atoms with E-state index in [4.69, 9.17) is 10.3 Å². The Bertz CT molecular complexity index is 617. The fraction of sp³-hybridized carbons (Fsp3) is 0.400. The van der Waals surface area contributed by atoms with Crippen LogP contribution in [0.1, 0.15) is 39.6 Å². The molecule has 0 bridgehead atoms. The van der Waals surface area contributed by atoms with E-state index in [-0.39, 0.29) is 11.7 Å². The second-order valence-corrected chi connectivity index (χ2v) is 6.41. The monoisotopic (exact) mass is 305 g/mol. The number of thiophene rings is 1. The minimum absolute atomic E-state index is 0.275. The third kappa shape index (κ3) is 3.34. The van der Waals surface area contributed by atoms with Gasteiger partial charge in [-0.3, -0.25) is 15.1 Å². The summed E-state index contributed by atoms with van der Waals surface area (Å²) in [5.74, 6) is 5.81. The average Bonchev–Trinajstić information content (AvgIpc) is 3.09. The molecule has 0 aliphatic heterocycles. The molecule has 2 aromatic heterocycles. The second kappa shape index (κ2) is 6.01. The lowest BCUT2D eigenvalue weighted by Gasteiger charge is -2.20. The van der Waals surface area contributed by atoms with Gasteiger partial charge in [0.1, 0.15) is 5.76 Å². The molecule has 1 saturated carbocycles. The topological polar surface area (TPSA) is 71.5 Å². The third-order valence-electron chi connectivity index (χ3n) is 3.75. The van der Waals surface area contributed by atoms with Gasteiger partial charge in [0.05, 0.1) is 0 Å². The van der Waals surface area contributed by atoms with Gasteiger partial charge in [-0.1, -0.05) is 6.07 Å². The van der Waals surface area contributed by atoms with Crippen molar-refractivity contribution in [2.24, 2.45) is 5.84 Å². The number of nitrogens with zero attached hydrogens (tertiary/aromatic N) is 1. The molecule has 0 atom stereocenters. The van der Waals surface area contributed by atoms with Gasteiger partial charge in [-0.05, 0) is 37.3 Å². The molecule has 21 heavy (non-hydrogen) atoms. The van der Waals surface area contributed by atoms with Crippen LogP contribution in [-0.4, -0.2) is 16.8 Å². The van der Waals surface area contributed by atoms with Gasteiger partial charge in [-0.25, -0.2) is 5.84 Å². The molecule has 5 nitrogen and oxygen atoms in total. The summed E-state index contributed by atoms with van der Waals surface area (Å²) in [5.41, 5.74) is 3.15. The highest BCUT2D eigenvalue weighted by molar-refractivity contribution is 7.09. The molecule has 0 saturated heterocycles. The first-order valence-electron chi connectivity index (χ1n) is 7.04. The molecule has 6 heteroatoms. The summed E-state index contributed by atoms with van der Waals surface area (Å²) in [6.45, 7) is 3.64. The van der Waals surface area contributed by atoms with Crippen molar-refractivity contribution in [3.05, 3.63) is 45.5 Å². The maximum absolute atomic E-state index is 11.5. The van der Waals surface area contributed by atoms with Crippen LogP contribution in [-0.2, 0) is 13.1 Å². The molecule has 1 aliphatic carbocycles. The van der Waals surface area contributed by atoms with Gasteiger partial charge < -0.3 is 4.42 Å². The van der Waals surface area contributed by atoms with Crippen molar-refractivity contribution in [2.45, 2.75) is 38.9 Å². The zero-order chi connectivity index (χ0) is 14.8. The number of furan rings is 1. The van der Waals surface area contributed by atoms with Crippen LogP contribution in [0.3, 0.4) is 0 Å². The Morgan fingerprint density at radius 2 is 2.33 bits per heavy atom. The lowest BCUT2D eigenvalue weighted by atomic mass is 10.2. The molecule has 1 amide bonds. The maximum atomic E-state index is 11.5. The number of nitrogens with one attached hydrogen (secondary N) is 1. The first-order chi connectivity index (χ1) is 10.2. The highest BCUT2D eigenvalue weighted by Crippen LogP contribution is 2.31. The Labute approximate surface area is 127 Å². The van der Waals surface area contributed by atoms with Crippen LogP contribution < -0.4 is 11.3 Å². The number of nitrogens with two attached hydrogens (primary N) is 1. The molecule has 112 valence electrons. The summed E-state index contributed by atoms with van der Waals surface area (Å²) < 4.78 is 5.49. The highest BCUT2D eigenvalue weighted by atomic mass is 32.1. The van der Waals surface area contributed by atoms with Crippen molar-refractivity contribution in [3.8, 4) is 0 Å². The Morgan fingerprint density at radius 1 is 1.52 bits per heavy atom. The maximum Gasteiger partial charge on any atom is 0.300 e. The molecule has 0 aromatic carbocycles. The number of hydrazine groups is 1. The minimum atomic E-state index is -0.388. The van der Waals surface area contributed by atoms with Crippen molar-refractivity contribution < 1.29 is 9.21 Å². The quantitative estimate of drug-likeness (QED) is 0.488. The number of hydrogen-bond acceptors (Lipinski definition) is 5. The van der Waals surface area contributed by atoms with Crippen LogP contribution in [0.2, 0.25) is 0 Å². The summed E-state index contributed by atoms with van der Waals surface area (Å²) in [4.78, 5) is 15.3. The van der Waals surface area contributed by atoms with Crippen molar-refractivity contribution in [2.75, 3.05) is 0 Å². The smallest absolute Gasteiger partial charge is 0.300 e. The lowest BCUT2D eigenvalue weighted by molar-refractivity contribution is 0.0924. The standard InChI is InChI=1S/C15H19N3O2S/c1-10-11(7-14(20-10)15(19)17-16)8-18(12-4-5-12)9-13-3-2-6-21-13/h2-3,6-7,12H,4-5,8-9,16H2,1H3,(H,17,19). The van der Waals surface area contributed by atoms with E-state index in [1.165, 1.54) is 17.7 Å². The largest absolute Gasteiger partial charge is 0.456 e. The van der Waals surface area contributed by atoms with Gasteiger partial charge in [0.25, 0.3) is 0 Å². The molecule has 3 N–H and O–H groups in total. The van der Waals surface area contributed by atoms with Gasteiger partial charge in [0, 0.05) is 29.6 Å². The molecule has 3 rings (SSSR count). The zero-order valence-corrected chi connectivity index (χ0v) is 12.8. The van der Waals surface area contributed by atoms with Gasteiger partial charge in [-0.2, -0.15) is 0 Å². The average molecular weight is 305 g/mol. The minimum Gasteiger partial charge on any atom is -0.456 e. The van der Waals surface area contributed by atoms with Crippen LogP contribution in [0, 0.1) is 6.92 Å². The van der Waals surface area contributed by atoms with Crippen molar-refractivity contribution >= 4 is 17.2 Å². The van der Waals surface area contributed by atoms with Crippen LogP contribution in [0.5, 0.6) is 0 Å². The predicted octanol–water partition coefficient (Wildman–Crippen LogP) is 2.42. The summed E-state index contributed by atoms with van der Waals surface area (Å²) in [6, 6.07) is 6.68. The summed E-state index contributed by atoms with van der Waals surface area (Å²) in [7, 11) is 0. The number of carbonyl (C=O) groups excluding carboxylic acids is 1. The van der Waals surface area contributed by atoms with E-state index in [2.05, 4.69) is 27.8 Å². The fourth-order valence-corrected chi connectivity index (χ4v) is 3.16. The van der Waals surface area contributed by atoms with Gasteiger partial charge in [0.15, 0.2) is 5.76 Å². The van der Waals surface area contributed by atoms with E-state index in [0.717, 1.165) is 24.4 Å². The molecular formula is C15H19N3O2S. The number of rotatable bonds is 6. The molecule has 1 aliphatic rings. The Balaban J connectivity index is 1.73. The van der Waals surface area contributed by atoms with Crippen molar-refractivity contribution in [1.29, 1.82) is 0 Å². The Hall–Kier alpha value is -1.63. The summed E-state index contributed by atoms with van der Waals surface area (Å²) in [6.07, 6.45) is 2.50. The number of hydrogen-bond donors (Lipinski definition) is 2. The molecular weight excluding hydrogens is 286 g/mol. The number of amides is 1. The van der Waals surface area contributed by atoms with Gasteiger partial charge >= 0.3 is 5.91 Å². The van der Waals surface area contributed by atoms with Gasteiger partial charge in [-0.15, -0.1) is 11.3 Å². The van der Waals surface area contributed by atoms with E-state index in [9.17, 15) is 4.79 Å². The predicted molar refractivity (Wildman–Crippen MR) is 81.7 cm³/mol. The normalized spacial score (nSPS) is 14.6. The molecule has 2 heterocycles.